The van der Waals surface area contributed by atoms with Crippen molar-refractivity contribution in [2.24, 2.45) is 0 Å². The average molecular weight is 388 g/mol. The first kappa shape index (κ1) is 20.6. The number of carbonyl (C=O) groups is 3. The number of hydrogen-bond acceptors (Lipinski definition) is 4. The lowest BCUT2D eigenvalue weighted by molar-refractivity contribution is -0.122. The summed E-state index contributed by atoms with van der Waals surface area (Å²) in [5.74, 6) is -0.555. The van der Waals surface area contributed by atoms with Crippen LogP contribution in [0.2, 0.25) is 5.02 Å². The van der Waals surface area contributed by atoms with Crippen LogP contribution in [-0.4, -0.2) is 42.1 Å². The Balaban J connectivity index is 1.90. The number of para-hydroxylation sites is 1. The molecule has 1 atom stereocenters. The molecule has 142 valence electrons. The van der Waals surface area contributed by atoms with E-state index in [1.54, 1.807) is 67.4 Å². The van der Waals surface area contributed by atoms with Crippen molar-refractivity contribution in [2.45, 2.75) is 19.9 Å². The van der Waals surface area contributed by atoms with Gasteiger partial charge in [0.05, 0.1) is 23.3 Å². The van der Waals surface area contributed by atoms with Crippen LogP contribution in [0.4, 0.5) is 11.4 Å². The Morgan fingerprint density at radius 3 is 2.26 bits per heavy atom. The van der Waals surface area contributed by atoms with E-state index >= 15 is 0 Å². The van der Waals surface area contributed by atoms with Gasteiger partial charge in [-0.2, -0.15) is 0 Å². The third kappa shape index (κ3) is 5.91. The second kappa shape index (κ2) is 9.30. The minimum Gasteiger partial charge on any atom is -0.325 e. The zero-order valence-electron chi connectivity index (χ0n) is 15.5. The van der Waals surface area contributed by atoms with Crippen molar-refractivity contribution < 1.29 is 14.4 Å². The molecule has 0 aliphatic rings. The van der Waals surface area contributed by atoms with Gasteiger partial charge >= 0.3 is 0 Å². The highest BCUT2D eigenvalue weighted by atomic mass is 35.5. The molecule has 2 N–H and O–H groups in total. The molecule has 0 fully saturated rings. The number of ketones is 1. The first-order valence-corrected chi connectivity index (χ1v) is 8.82. The maximum atomic E-state index is 12.4. The summed E-state index contributed by atoms with van der Waals surface area (Å²) in [7, 11) is 1.69. The number of carbonyl (C=O) groups excluding carboxylic acids is 3. The van der Waals surface area contributed by atoms with Crippen molar-refractivity contribution in [1.82, 2.24) is 4.90 Å². The summed E-state index contributed by atoms with van der Waals surface area (Å²) in [6.07, 6.45) is 0. The highest BCUT2D eigenvalue weighted by Gasteiger charge is 2.20. The molecule has 0 saturated heterocycles. The molecule has 0 aromatic heterocycles. The fraction of sp³-hybridized carbons (Fsp3) is 0.250. The summed E-state index contributed by atoms with van der Waals surface area (Å²) < 4.78 is 0. The molecule has 2 aromatic rings. The molecule has 0 aliphatic carbocycles. The van der Waals surface area contributed by atoms with Crippen LogP contribution >= 0.6 is 11.6 Å². The highest BCUT2D eigenvalue weighted by Crippen LogP contribution is 2.20. The summed E-state index contributed by atoms with van der Waals surface area (Å²) in [4.78, 5) is 37.5. The summed E-state index contributed by atoms with van der Waals surface area (Å²) in [6, 6.07) is 13.1. The van der Waals surface area contributed by atoms with E-state index in [2.05, 4.69) is 10.6 Å². The van der Waals surface area contributed by atoms with Gasteiger partial charge in [0.2, 0.25) is 11.8 Å². The molecule has 0 heterocycles. The van der Waals surface area contributed by atoms with Crippen LogP contribution in [0.25, 0.3) is 0 Å². The summed E-state index contributed by atoms with van der Waals surface area (Å²) in [5.41, 5.74) is 1.69. The van der Waals surface area contributed by atoms with Crippen LogP contribution < -0.4 is 10.6 Å². The number of hydrogen-bond donors (Lipinski definition) is 2. The predicted octanol–water partition coefficient (Wildman–Crippen LogP) is 3.44. The molecule has 0 aliphatic heterocycles. The van der Waals surface area contributed by atoms with E-state index in [4.69, 9.17) is 11.6 Å². The number of benzene rings is 2. The van der Waals surface area contributed by atoms with Crippen LogP contribution in [0, 0.1) is 0 Å². The number of rotatable bonds is 7. The summed E-state index contributed by atoms with van der Waals surface area (Å²) >= 11 is 6.03. The largest absolute Gasteiger partial charge is 0.325 e. The fourth-order valence-electron chi connectivity index (χ4n) is 2.35. The maximum Gasteiger partial charge on any atom is 0.241 e. The molecular formula is C20H22ClN3O3. The number of nitrogens with zero attached hydrogens (tertiary/aromatic N) is 1. The van der Waals surface area contributed by atoms with Gasteiger partial charge in [0.25, 0.3) is 0 Å². The Kier molecular flexibility index (Phi) is 7.10. The molecule has 6 nitrogen and oxygen atoms in total. The zero-order valence-corrected chi connectivity index (χ0v) is 16.2. The number of anilines is 2. The molecule has 2 rings (SSSR count). The Labute approximate surface area is 163 Å². The number of Topliss-reactive ketones (excluding diaryl/α,β-unsaturated/α-hetero) is 1. The van der Waals surface area contributed by atoms with E-state index in [1.807, 2.05) is 0 Å². The second-order valence-corrected chi connectivity index (χ2v) is 6.65. The normalized spacial score (nSPS) is 11.7. The standard InChI is InChI=1S/C20H22ClN3O3/c1-13(20(27)22-16-10-8-15(9-11-16)14(2)25)24(3)12-19(26)23-18-7-5-4-6-17(18)21/h4-11,13H,12H2,1-3H3,(H,22,27)(H,23,26)/t13-/m1/s1. The van der Waals surface area contributed by atoms with E-state index in [0.717, 1.165) is 0 Å². The van der Waals surface area contributed by atoms with Crippen molar-refractivity contribution in [2.75, 3.05) is 24.2 Å². The van der Waals surface area contributed by atoms with Crippen molar-refractivity contribution in [3.63, 3.8) is 0 Å². The minimum atomic E-state index is -0.533. The van der Waals surface area contributed by atoms with Crippen molar-refractivity contribution >= 4 is 40.6 Å². The van der Waals surface area contributed by atoms with Gasteiger partial charge in [-0.25, -0.2) is 0 Å². The van der Waals surface area contributed by atoms with E-state index < -0.39 is 6.04 Å². The molecule has 0 saturated carbocycles. The topological polar surface area (TPSA) is 78.5 Å². The van der Waals surface area contributed by atoms with Crippen molar-refractivity contribution in [1.29, 1.82) is 0 Å². The summed E-state index contributed by atoms with van der Waals surface area (Å²) in [6.45, 7) is 3.23. The van der Waals surface area contributed by atoms with Crippen molar-refractivity contribution in [3.8, 4) is 0 Å². The highest BCUT2D eigenvalue weighted by molar-refractivity contribution is 6.33. The molecule has 7 heteroatoms. The van der Waals surface area contributed by atoms with E-state index in [-0.39, 0.29) is 24.1 Å². The van der Waals surface area contributed by atoms with Crippen LogP contribution in [0.1, 0.15) is 24.2 Å². The number of halogens is 1. The molecule has 0 bridgehead atoms. The first-order chi connectivity index (χ1) is 12.8. The van der Waals surface area contributed by atoms with Gasteiger partial charge in [-0.05, 0) is 57.3 Å². The third-order valence-corrected chi connectivity index (χ3v) is 4.47. The van der Waals surface area contributed by atoms with E-state index in [9.17, 15) is 14.4 Å². The lowest BCUT2D eigenvalue weighted by atomic mass is 10.1. The smallest absolute Gasteiger partial charge is 0.241 e. The number of amides is 2. The zero-order chi connectivity index (χ0) is 20.0. The summed E-state index contributed by atoms with van der Waals surface area (Å²) in [5, 5.41) is 5.95. The minimum absolute atomic E-state index is 0.0308. The quantitative estimate of drug-likeness (QED) is 0.713. The lowest BCUT2D eigenvalue weighted by Crippen LogP contribution is -2.43. The molecule has 0 unspecified atom stereocenters. The molecule has 2 aromatic carbocycles. The van der Waals surface area contributed by atoms with E-state index in [0.29, 0.717) is 22.0 Å². The van der Waals surface area contributed by atoms with Gasteiger partial charge in [-0.15, -0.1) is 0 Å². The molecule has 0 spiro atoms. The molecule has 0 radical (unpaired) electrons. The Bertz CT molecular complexity index is 837. The monoisotopic (exact) mass is 387 g/mol. The van der Waals surface area contributed by atoms with Crippen LogP contribution in [0.5, 0.6) is 0 Å². The van der Waals surface area contributed by atoms with E-state index in [1.165, 1.54) is 6.92 Å². The van der Waals surface area contributed by atoms with Crippen LogP contribution in [0.3, 0.4) is 0 Å². The average Bonchev–Trinajstić information content (AvgIpc) is 2.63. The third-order valence-electron chi connectivity index (χ3n) is 4.14. The fourth-order valence-corrected chi connectivity index (χ4v) is 2.53. The van der Waals surface area contributed by atoms with Crippen molar-refractivity contribution in [3.05, 3.63) is 59.1 Å². The maximum absolute atomic E-state index is 12.4. The number of likely N-dealkylation sites (N-methyl/N-ethyl adjacent to an activating group) is 1. The molecular weight excluding hydrogens is 366 g/mol. The Hall–Kier alpha value is -2.70. The molecule has 27 heavy (non-hydrogen) atoms. The molecule has 2 amide bonds. The Morgan fingerprint density at radius 1 is 1.04 bits per heavy atom. The van der Waals surface area contributed by atoms with Gasteiger partial charge in [0.15, 0.2) is 5.78 Å². The lowest BCUT2D eigenvalue weighted by Gasteiger charge is -2.23. The van der Waals surface area contributed by atoms with Gasteiger partial charge < -0.3 is 10.6 Å². The first-order valence-electron chi connectivity index (χ1n) is 8.44. The van der Waals surface area contributed by atoms with Gasteiger partial charge in [0, 0.05) is 11.3 Å². The predicted molar refractivity (Wildman–Crippen MR) is 107 cm³/mol. The number of nitrogens with one attached hydrogen (secondary N) is 2. The van der Waals surface area contributed by atoms with Gasteiger partial charge in [0.1, 0.15) is 0 Å². The van der Waals surface area contributed by atoms with Crippen LogP contribution in [-0.2, 0) is 9.59 Å². The van der Waals surface area contributed by atoms with Gasteiger partial charge in [-0.3, -0.25) is 19.3 Å². The van der Waals surface area contributed by atoms with Crippen LogP contribution in [0.15, 0.2) is 48.5 Å². The van der Waals surface area contributed by atoms with Gasteiger partial charge in [-0.1, -0.05) is 23.7 Å². The second-order valence-electron chi connectivity index (χ2n) is 6.24. The SMILES string of the molecule is CC(=O)c1ccc(NC(=O)[C@@H](C)N(C)CC(=O)Nc2ccccc2Cl)cc1. The Morgan fingerprint density at radius 2 is 1.67 bits per heavy atom.